The molecular formula is C16H25N3O. The van der Waals surface area contributed by atoms with E-state index in [-0.39, 0.29) is 5.60 Å². The second-order valence-corrected chi connectivity index (χ2v) is 6.41. The molecule has 0 unspecified atom stereocenters. The topological polar surface area (TPSA) is 47.0 Å². The molecule has 0 amide bonds. The number of nitrogens with one attached hydrogen (secondary N) is 1. The van der Waals surface area contributed by atoms with E-state index in [0.29, 0.717) is 5.92 Å². The van der Waals surface area contributed by atoms with Gasteiger partial charge in [0.1, 0.15) is 11.4 Å². The third-order valence-corrected chi connectivity index (χ3v) is 4.88. The summed E-state index contributed by atoms with van der Waals surface area (Å²) >= 11 is 0. The van der Waals surface area contributed by atoms with Crippen molar-refractivity contribution < 1.29 is 4.74 Å². The third-order valence-electron chi connectivity index (χ3n) is 4.88. The van der Waals surface area contributed by atoms with Crippen molar-refractivity contribution in [1.29, 1.82) is 0 Å². The molecule has 2 aliphatic carbocycles. The maximum Gasteiger partial charge on any atom is 0.162 e. The highest BCUT2D eigenvalue weighted by Crippen LogP contribution is 2.43. The largest absolute Gasteiger partial charge is 0.373 e. The molecule has 0 bridgehead atoms. The summed E-state index contributed by atoms with van der Waals surface area (Å²) in [5.41, 5.74) is 0.914. The van der Waals surface area contributed by atoms with E-state index in [1.807, 2.05) is 14.2 Å². The summed E-state index contributed by atoms with van der Waals surface area (Å²) in [6.45, 7) is 2.32. The van der Waals surface area contributed by atoms with E-state index < -0.39 is 0 Å². The normalized spacial score (nSPS) is 30.2. The molecule has 1 aromatic heterocycles. The van der Waals surface area contributed by atoms with E-state index >= 15 is 0 Å². The molecular weight excluding hydrogens is 250 g/mol. The van der Waals surface area contributed by atoms with Crippen LogP contribution >= 0.6 is 0 Å². The zero-order chi connectivity index (χ0) is 14.2. The van der Waals surface area contributed by atoms with Crippen molar-refractivity contribution in [3.63, 3.8) is 0 Å². The molecule has 0 saturated heterocycles. The van der Waals surface area contributed by atoms with Gasteiger partial charge in [-0.25, -0.2) is 9.97 Å². The number of hydrogen-bond donors (Lipinski definition) is 1. The van der Waals surface area contributed by atoms with Crippen molar-refractivity contribution >= 4 is 5.82 Å². The monoisotopic (exact) mass is 275 g/mol. The van der Waals surface area contributed by atoms with Crippen LogP contribution in [0.5, 0.6) is 0 Å². The van der Waals surface area contributed by atoms with Crippen molar-refractivity contribution in [3.05, 3.63) is 17.6 Å². The van der Waals surface area contributed by atoms with Crippen molar-refractivity contribution in [3.8, 4) is 0 Å². The minimum absolute atomic E-state index is 0.275. The Balaban J connectivity index is 1.96. The van der Waals surface area contributed by atoms with Crippen LogP contribution in [-0.2, 0) is 10.3 Å². The van der Waals surface area contributed by atoms with Crippen molar-refractivity contribution in [1.82, 2.24) is 9.97 Å². The lowest BCUT2D eigenvalue weighted by Crippen LogP contribution is -2.35. The second-order valence-electron chi connectivity index (χ2n) is 6.41. The summed E-state index contributed by atoms with van der Waals surface area (Å²) < 4.78 is 5.92. The van der Waals surface area contributed by atoms with Gasteiger partial charge in [-0.2, -0.15) is 0 Å². The summed E-state index contributed by atoms with van der Waals surface area (Å²) in [4.78, 5) is 9.57. The van der Waals surface area contributed by atoms with Gasteiger partial charge in [0.2, 0.25) is 0 Å². The Bertz CT molecular complexity index is 477. The van der Waals surface area contributed by atoms with Gasteiger partial charge >= 0.3 is 0 Å². The predicted molar refractivity (Wildman–Crippen MR) is 79.9 cm³/mol. The lowest BCUT2D eigenvalue weighted by atomic mass is 9.79. The van der Waals surface area contributed by atoms with E-state index in [0.717, 1.165) is 30.4 Å². The molecule has 3 rings (SSSR count). The Labute approximate surface area is 121 Å². The summed E-state index contributed by atoms with van der Waals surface area (Å²) in [6.07, 6.45) is 6.97. The molecule has 0 aliphatic heterocycles. The number of ether oxygens (including phenoxy) is 1. The quantitative estimate of drug-likeness (QED) is 0.914. The highest BCUT2D eigenvalue weighted by molar-refractivity contribution is 5.38. The minimum Gasteiger partial charge on any atom is -0.373 e. The standard InChI is InChI=1S/C16H25N3O/c1-11-6-8-16(20-3,9-7-11)15-18-13(12-4-5-12)10-14(17-2)19-15/h10-12H,4-9H2,1-3H3,(H,17,18,19). The number of anilines is 1. The fourth-order valence-corrected chi connectivity index (χ4v) is 3.13. The molecule has 4 heteroatoms. The Morgan fingerprint density at radius 1 is 1.20 bits per heavy atom. The lowest BCUT2D eigenvalue weighted by molar-refractivity contribution is -0.0597. The van der Waals surface area contributed by atoms with Gasteiger partial charge in [-0.15, -0.1) is 0 Å². The molecule has 4 nitrogen and oxygen atoms in total. The third kappa shape index (κ3) is 2.53. The van der Waals surface area contributed by atoms with E-state index in [1.165, 1.54) is 31.4 Å². The highest BCUT2D eigenvalue weighted by atomic mass is 16.5. The van der Waals surface area contributed by atoms with E-state index in [4.69, 9.17) is 14.7 Å². The zero-order valence-corrected chi connectivity index (χ0v) is 12.8. The smallest absolute Gasteiger partial charge is 0.162 e. The van der Waals surface area contributed by atoms with Crippen LogP contribution in [0.2, 0.25) is 0 Å². The summed E-state index contributed by atoms with van der Waals surface area (Å²) in [5, 5.41) is 3.17. The molecule has 2 fully saturated rings. The Kier molecular flexibility index (Phi) is 3.67. The first kappa shape index (κ1) is 13.8. The molecule has 110 valence electrons. The van der Waals surface area contributed by atoms with Gasteiger partial charge < -0.3 is 10.1 Å². The number of aromatic nitrogens is 2. The summed E-state index contributed by atoms with van der Waals surface area (Å²) in [5.74, 6) is 3.24. The fourth-order valence-electron chi connectivity index (χ4n) is 3.13. The molecule has 20 heavy (non-hydrogen) atoms. The van der Waals surface area contributed by atoms with Crippen molar-refractivity contribution in [2.24, 2.45) is 5.92 Å². The fraction of sp³-hybridized carbons (Fsp3) is 0.750. The van der Waals surface area contributed by atoms with E-state index in [1.54, 1.807) is 0 Å². The SMILES string of the molecule is CNc1cc(C2CC2)nc(C2(OC)CCC(C)CC2)n1. The first-order valence-electron chi connectivity index (χ1n) is 7.79. The molecule has 2 aliphatic rings. The van der Waals surface area contributed by atoms with Crippen molar-refractivity contribution in [2.75, 3.05) is 19.5 Å². The highest BCUT2D eigenvalue weighted by Gasteiger charge is 2.39. The van der Waals surface area contributed by atoms with Crippen LogP contribution in [0.4, 0.5) is 5.82 Å². The predicted octanol–water partition coefficient (Wildman–Crippen LogP) is 3.45. The zero-order valence-electron chi connectivity index (χ0n) is 12.8. The molecule has 0 spiro atoms. The first-order valence-corrected chi connectivity index (χ1v) is 7.79. The molecule has 0 aromatic carbocycles. The van der Waals surface area contributed by atoms with Gasteiger partial charge in [-0.1, -0.05) is 6.92 Å². The minimum atomic E-state index is -0.275. The summed E-state index contributed by atoms with van der Waals surface area (Å²) in [6, 6.07) is 2.09. The molecule has 1 heterocycles. The molecule has 2 saturated carbocycles. The maximum absolute atomic E-state index is 5.92. The van der Waals surface area contributed by atoms with Gasteiger partial charge in [-0.05, 0) is 44.4 Å². The number of nitrogens with zero attached hydrogens (tertiary/aromatic N) is 2. The van der Waals surface area contributed by atoms with Crippen LogP contribution in [0, 0.1) is 5.92 Å². The van der Waals surface area contributed by atoms with Crippen LogP contribution in [0.25, 0.3) is 0 Å². The maximum atomic E-state index is 5.92. The average molecular weight is 275 g/mol. The van der Waals surface area contributed by atoms with Crippen LogP contribution in [-0.4, -0.2) is 24.1 Å². The Morgan fingerprint density at radius 3 is 2.45 bits per heavy atom. The Hall–Kier alpha value is -1.16. The van der Waals surface area contributed by atoms with Crippen LogP contribution in [0.15, 0.2) is 6.07 Å². The summed E-state index contributed by atoms with van der Waals surface area (Å²) in [7, 11) is 3.73. The van der Waals surface area contributed by atoms with Crippen LogP contribution < -0.4 is 5.32 Å². The lowest BCUT2D eigenvalue weighted by Gasteiger charge is -2.37. The molecule has 0 atom stereocenters. The molecule has 1 N–H and O–H groups in total. The van der Waals surface area contributed by atoms with Crippen LogP contribution in [0.3, 0.4) is 0 Å². The van der Waals surface area contributed by atoms with Gasteiger partial charge in [-0.3, -0.25) is 0 Å². The van der Waals surface area contributed by atoms with Gasteiger partial charge in [0.05, 0.1) is 0 Å². The molecule has 1 aromatic rings. The Morgan fingerprint density at radius 2 is 1.90 bits per heavy atom. The van der Waals surface area contributed by atoms with Gasteiger partial charge in [0.25, 0.3) is 0 Å². The number of rotatable bonds is 4. The average Bonchev–Trinajstić information content (AvgIpc) is 3.32. The number of hydrogen-bond acceptors (Lipinski definition) is 4. The van der Waals surface area contributed by atoms with Gasteiger partial charge in [0, 0.05) is 31.8 Å². The number of methoxy groups -OCH3 is 1. The van der Waals surface area contributed by atoms with E-state index in [9.17, 15) is 0 Å². The second kappa shape index (κ2) is 5.32. The molecule has 0 radical (unpaired) electrons. The first-order chi connectivity index (χ1) is 9.66. The van der Waals surface area contributed by atoms with Crippen LogP contribution in [0.1, 0.15) is 62.9 Å². The van der Waals surface area contributed by atoms with Crippen molar-refractivity contribution in [2.45, 2.75) is 57.0 Å². The van der Waals surface area contributed by atoms with E-state index in [2.05, 4.69) is 18.3 Å². The van der Waals surface area contributed by atoms with Gasteiger partial charge in [0.15, 0.2) is 5.82 Å².